The van der Waals surface area contributed by atoms with Gasteiger partial charge in [-0.3, -0.25) is 0 Å². The van der Waals surface area contributed by atoms with Crippen LogP contribution < -0.4 is 0 Å². The molecule has 1 aromatic carbocycles. The van der Waals surface area contributed by atoms with Crippen LogP contribution in [0.25, 0.3) is 0 Å². The van der Waals surface area contributed by atoms with Crippen molar-refractivity contribution in [2.24, 2.45) is 0 Å². The molecule has 0 aliphatic heterocycles. The van der Waals surface area contributed by atoms with Crippen LogP contribution in [0.3, 0.4) is 0 Å². The Bertz CT molecular complexity index is 373. The van der Waals surface area contributed by atoms with Crippen LogP contribution in [0.1, 0.15) is 18.6 Å². The molecule has 0 radical (unpaired) electrons. The molecule has 1 rings (SSSR count). The Kier molecular flexibility index (Phi) is 4.09. The molecule has 2 nitrogen and oxygen atoms in total. The van der Waals surface area contributed by atoms with Crippen LogP contribution in [0.15, 0.2) is 30.3 Å². The van der Waals surface area contributed by atoms with Gasteiger partial charge in [0.05, 0.1) is 0 Å². The van der Waals surface area contributed by atoms with Gasteiger partial charge in [0.2, 0.25) is 0 Å². The van der Waals surface area contributed by atoms with Crippen LogP contribution in [-0.2, 0) is 9.53 Å². The maximum absolute atomic E-state index is 13.2. The molecule has 0 bridgehead atoms. The molecule has 2 atom stereocenters. The third-order valence-electron chi connectivity index (χ3n) is 2.01. The smallest absolute Gasteiger partial charge is 0.448 e. The number of esters is 1. The van der Waals surface area contributed by atoms with Gasteiger partial charge in [-0.05, 0) is 12.5 Å². The number of rotatable bonds is 3. The van der Waals surface area contributed by atoms with E-state index in [1.807, 2.05) is 0 Å². The van der Waals surface area contributed by atoms with Gasteiger partial charge in [-0.25, -0.2) is 9.18 Å². The van der Waals surface area contributed by atoms with E-state index in [1.54, 1.807) is 6.07 Å². The van der Waals surface area contributed by atoms with Crippen molar-refractivity contribution in [2.45, 2.75) is 25.4 Å². The first-order valence-electron chi connectivity index (χ1n) is 4.79. The van der Waals surface area contributed by atoms with E-state index in [0.29, 0.717) is 0 Å². The van der Waals surface area contributed by atoms with Crippen LogP contribution in [0, 0.1) is 0 Å². The predicted molar refractivity (Wildman–Crippen MR) is 51.9 cm³/mol. The highest BCUT2D eigenvalue weighted by Crippen LogP contribution is 2.27. The highest BCUT2D eigenvalue weighted by atomic mass is 19.4. The molecule has 6 heteroatoms. The minimum atomic E-state index is -5.12. The summed E-state index contributed by atoms with van der Waals surface area (Å²) in [6, 6.07) is 7.45. The number of ether oxygens (including phenoxy) is 1. The molecule has 0 fully saturated rings. The Hall–Kier alpha value is -1.59. The number of halogens is 4. The highest BCUT2D eigenvalue weighted by molar-refractivity contribution is 5.75. The maximum atomic E-state index is 13.2. The summed E-state index contributed by atoms with van der Waals surface area (Å²) in [5.74, 6) is -2.39. The number of hydrogen-bond donors (Lipinski definition) is 0. The number of carbonyl (C=O) groups is 1. The van der Waals surface area contributed by atoms with E-state index in [9.17, 15) is 22.4 Å². The van der Waals surface area contributed by atoms with Crippen LogP contribution in [0.2, 0.25) is 0 Å². The second-order valence-corrected chi connectivity index (χ2v) is 3.41. The quantitative estimate of drug-likeness (QED) is 0.608. The van der Waals surface area contributed by atoms with Crippen molar-refractivity contribution in [3.63, 3.8) is 0 Å². The van der Waals surface area contributed by atoms with Gasteiger partial charge >= 0.3 is 12.1 Å². The molecule has 1 aromatic rings. The molecule has 0 aliphatic rings. The van der Waals surface area contributed by atoms with Crippen molar-refractivity contribution in [1.29, 1.82) is 0 Å². The van der Waals surface area contributed by atoms with Crippen molar-refractivity contribution in [3.05, 3.63) is 35.9 Å². The average molecular weight is 250 g/mol. The molecule has 0 aromatic heterocycles. The summed E-state index contributed by atoms with van der Waals surface area (Å²) in [4.78, 5) is 10.6. The third-order valence-corrected chi connectivity index (χ3v) is 2.01. The van der Waals surface area contributed by atoms with Gasteiger partial charge in [0.1, 0.15) is 6.17 Å². The Balaban J connectivity index is 2.86. The number of benzene rings is 1. The number of carbonyl (C=O) groups excluding carboxylic acids is 1. The van der Waals surface area contributed by atoms with Gasteiger partial charge in [-0.1, -0.05) is 30.3 Å². The first kappa shape index (κ1) is 13.5. The van der Waals surface area contributed by atoms with Crippen LogP contribution in [-0.4, -0.2) is 18.3 Å². The molecule has 0 N–H and O–H groups in total. The zero-order chi connectivity index (χ0) is 13.1. The largest absolute Gasteiger partial charge is 0.490 e. The standard InChI is InChI=1S/C11H10F4O2/c1-7(12)9(8-5-3-2-4-6-8)17-10(16)11(13,14)15/h2-7,9H,1H3. The second-order valence-electron chi connectivity index (χ2n) is 3.41. The second kappa shape index (κ2) is 5.16. The molecule has 0 amide bonds. The molecule has 0 heterocycles. The first-order chi connectivity index (χ1) is 7.82. The lowest BCUT2D eigenvalue weighted by atomic mass is 10.1. The zero-order valence-corrected chi connectivity index (χ0v) is 8.87. The van der Waals surface area contributed by atoms with Crippen molar-refractivity contribution < 1.29 is 27.1 Å². The van der Waals surface area contributed by atoms with Crippen LogP contribution in [0.4, 0.5) is 17.6 Å². The lowest BCUT2D eigenvalue weighted by Crippen LogP contribution is -2.29. The van der Waals surface area contributed by atoms with E-state index in [0.717, 1.165) is 6.92 Å². The molecule has 17 heavy (non-hydrogen) atoms. The summed E-state index contributed by atoms with van der Waals surface area (Å²) in [7, 11) is 0. The van der Waals surface area contributed by atoms with Crippen molar-refractivity contribution in [2.75, 3.05) is 0 Å². The van der Waals surface area contributed by atoms with Gasteiger partial charge in [0, 0.05) is 0 Å². The molecular weight excluding hydrogens is 240 g/mol. The van der Waals surface area contributed by atoms with E-state index in [4.69, 9.17) is 0 Å². The predicted octanol–water partition coefficient (Wildman–Crippen LogP) is 3.19. The summed E-state index contributed by atoms with van der Waals surface area (Å²) in [5.41, 5.74) is 0.181. The summed E-state index contributed by atoms with van der Waals surface area (Å²) in [5, 5.41) is 0. The normalized spacial score (nSPS) is 15.1. The average Bonchev–Trinajstić information content (AvgIpc) is 2.25. The van der Waals surface area contributed by atoms with E-state index < -0.39 is 24.4 Å². The minimum absolute atomic E-state index is 0.181. The summed E-state index contributed by atoms with van der Waals surface area (Å²) < 4.78 is 53.3. The molecular formula is C11H10F4O2. The summed E-state index contributed by atoms with van der Waals surface area (Å²) >= 11 is 0. The van der Waals surface area contributed by atoms with Gasteiger partial charge in [-0.15, -0.1) is 0 Å². The van der Waals surface area contributed by atoms with Gasteiger partial charge in [-0.2, -0.15) is 13.2 Å². The first-order valence-corrected chi connectivity index (χ1v) is 4.79. The Morgan fingerprint density at radius 1 is 1.24 bits per heavy atom. The van der Waals surface area contributed by atoms with Crippen molar-refractivity contribution in [3.8, 4) is 0 Å². The van der Waals surface area contributed by atoms with E-state index in [1.165, 1.54) is 24.3 Å². The lowest BCUT2D eigenvalue weighted by Gasteiger charge is -2.20. The number of hydrogen-bond acceptors (Lipinski definition) is 2. The highest BCUT2D eigenvalue weighted by Gasteiger charge is 2.43. The summed E-state index contributed by atoms with van der Waals surface area (Å²) in [6.07, 6.45) is -8.41. The van der Waals surface area contributed by atoms with Gasteiger partial charge in [0.15, 0.2) is 6.10 Å². The molecule has 0 saturated heterocycles. The Labute approximate surface area is 95.2 Å². The third kappa shape index (κ3) is 3.72. The van der Waals surface area contributed by atoms with E-state index in [2.05, 4.69) is 4.74 Å². The van der Waals surface area contributed by atoms with Crippen molar-refractivity contribution >= 4 is 5.97 Å². The fourth-order valence-electron chi connectivity index (χ4n) is 1.25. The molecule has 0 saturated carbocycles. The minimum Gasteiger partial charge on any atom is -0.448 e. The van der Waals surface area contributed by atoms with Gasteiger partial charge < -0.3 is 4.74 Å². The Morgan fingerprint density at radius 3 is 2.18 bits per heavy atom. The molecule has 2 unspecified atom stereocenters. The fourth-order valence-corrected chi connectivity index (χ4v) is 1.25. The molecule has 0 aliphatic carbocycles. The zero-order valence-electron chi connectivity index (χ0n) is 8.87. The Morgan fingerprint density at radius 2 is 1.76 bits per heavy atom. The monoisotopic (exact) mass is 250 g/mol. The SMILES string of the molecule is CC(F)C(OC(=O)C(F)(F)F)c1ccccc1. The maximum Gasteiger partial charge on any atom is 0.490 e. The lowest BCUT2D eigenvalue weighted by molar-refractivity contribution is -0.207. The molecule has 0 spiro atoms. The van der Waals surface area contributed by atoms with E-state index in [-0.39, 0.29) is 5.56 Å². The van der Waals surface area contributed by atoms with Crippen LogP contribution in [0.5, 0.6) is 0 Å². The van der Waals surface area contributed by atoms with Crippen molar-refractivity contribution in [1.82, 2.24) is 0 Å². The number of alkyl halides is 4. The summed E-state index contributed by atoms with van der Waals surface area (Å²) in [6.45, 7) is 1.03. The van der Waals surface area contributed by atoms with Crippen LogP contribution >= 0.6 is 0 Å². The topological polar surface area (TPSA) is 26.3 Å². The van der Waals surface area contributed by atoms with Gasteiger partial charge in [0.25, 0.3) is 0 Å². The van der Waals surface area contributed by atoms with E-state index >= 15 is 0 Å². The fraction of sp³-hybridized carbons (Fsp3) is 0.364. The molecule has 94 valence electrons.